The minimum Gasteiger partial charge on any atom is -0.493 e. The van der Waals surface area contributed by atoms with Crippen molar-refractivity contribution >= 4 is 11.8 Å². The van der Waals surface area contributed by atoms with Crippen LogP contribution >= 0.6 is 0 Å². The van der Waals surface area contributed by atoms with Crippen molar-refractivity contribution in [1.29, 1.82) is 5.26 Å². The predicted molar refractivity (Wildman–Crippen MR) is 472 cm³/mol. The number of fused-ring (bicyclic) bond motifs is 15. The molecule has 21 nitrogen and oxygen atoms in total. The first kappa shape index (κ1) is 93.2. The lowest BCUT2D eigenvalue weighted by atomic mass is 9.74. The number of hydrogen-bond acceptors (Lipinski definition) is 20. The number of benzene rings is 5. The maximum Gasteiger partial charge on any atom is 0.306 e. The van der Waals surface area contributed by atoms with E-state index in [1.807, 2.05) is 6.07 Å². The van der Waals surface area contributed by atoms with Crippen LogP contribution in [0.5, 0.6) is 57.5 Å². The van der Waals surface area contributed by atoms with Crippen molar-refractivity contribution in [1.82, 2.24) is 24.5 Å². The first-order chi connectivity index (χ1) is 57.7. The van der Waals surface area contributed by atoms with Crippen LogP contribution in [0, 0.1) is 94.2 Å². The van der Waals surface area contributed by atoms with Crippen LogP contribution < -0.4 is 47.4 Å². The fourth-order valence-corrected chi connectivity index (χ4v) is 22.3. The Morgan fingerprint density at radius 1 is 0.358 bits per heavy atom. The Morgan fingerprint density at radius 2 is 0.617 bits per heavy atom. The lowest BCUT2D eigenvalue weighted by molar-refractivity contribution is -0.147. The van der Waals surface area contributed by atoms with Gasteiger partial charge in [-0.15, -0.1) is 0 Å². The number of carboxylic acids is 1. The van der Waals surface area contributed by atoms with Gasteiger partial charge in [-0.2, -0.15) is 5.26 Å². The summed E-state index contributed by atoms with van der Waals surface area (Å²) in [5.41, 5.74) is 13.1. The molecule has 10 aliphatic rings. The van der Waals surface area contributed by atoms with Crippen LogP contribution in [0.1, 0.15) is 219 Å². The van der Waals surface area contributed by atoms with E-state index in [9.17, 15) is 30.2 Å². The molecule has 14 atom stereocenters. The molecule has 0 bridgehead atoms. The van der Waals surface area contributed by atoms with E-state index in [1.165, 1.54) is 68.5 Å². The van der Waals surface area contributed by atoms with Gasteiger partial charge in [0.25, 0.3) is 0 Å². The van der Waals surface area contributed by atoms with E-state index in [0.29, 0.717) is 109 Å². The van der Waals surface area contributed by atoms with Crippen molar-refractivity contribution in [2.24, 2.45) is 82.9 Å². The van der Waals surface area contributed by atoms with Crippen molar-refractivity contribution < 1.29 is 72.3 Å². The van der Waals surface area contributed by atoms with Gasteiger partial charge in [-0.05, 0) is 271 Å². The minimum atomic E-state index is -0.655. The van der Waals surface area contributed by atoms with Gasteiger partial charge in [0.05, 0.1) is 89.0 Å². The van der Waals surface area contributed by atoms with Gasteiger partial charge in [0, 0.05) is 121 Å². The highest BCUT2D eigenvalue weighted by Gasteiger charge is 2.46. The van der Waals surface area contributed by atoms with Gasteiger partial charge < -0.3 is 62.7 Å². The van der Waals surface area contributed by atoms with E-state index >= 15 is 0 Å². The summed E-state index contributed by atoms with van der Waals surface area (Å²) in [4.78, 5) is 37.3. The van der Waals surface area contributed by atoms with Crippen molar-refractivity contribution in [2.45, 2.75) is 196 Å². The molecular weight excluding hydrogens is 1510 g/mol. The van der Waals surface area contributed by atoms with Gasteiger partial charge in [0.1, 0.15) is 5.78 Å². The van der Waals surface area contributed by atoms with Crippen LogP contribution in [0.15, 0.2) is 60.7 Å². The molecule has 0 aliphatic carbocycles. The predicted octanol–water partition coefficient (Wildman–Crippen LogP) is 17.0. The summed E-state index contributed by atoms with van der Waals surface area (Å²) < 4.78 is 54.7. The zero-order valence-corrected chi connectivity index (χ0v) is 76.3. The summed E-state index contributed by atoms with van der Waals surface area (Å²) in [7, 11) is 16.8. The Kier molecular flexibility index (Phi) is 33.1. The fraction of sp³-hybridized carbons (Fsp3) is 0.667. The van der Waals surface area contributed by atoms with Crippen LogP contribution in [-0.2, 0) is 41.7 Å². The molecule has 5 fully saturated rings. The Morgan fingerprint density at radius 3 is 0.908 bits per heavy atom. The molecule has 662 valence electrons. The number of aliphatic hydroxyl groups excluding tert-OH is 2. The minimum absolute atomic E-state index is 0.146. The third-order valence-corrected chi connectivity index (χ3v) is 28.0. The number of carbonyl (C=O) groups excluding carboxylic acids is 1. The van der Waals surface area contributed by atoms with Gasteiger partial charge in [0.2, 0.25) is 0 Å². The van der Waals surface area contributed by atoms with Crippen LogP contribution in [0.25, 0.3) is 0 Å². The van der Waals surface area contributed by atoms with Crippen molar-refractivity contribution in [3.8, 4) is 63.6 Å². The summed E-state index contributed by atoms with van der Waals surface area (Å²) in [6.07, 6.45) is 15.0. The molecule has 5 aromatic rings. The number of nitrogens with zero attached hydrogens (tertiary/aromatic N) is 6. The second-order valence-electron chi connectivity index (χ2n) is 37.9. The molecule has 0 spiro atoms. The molecule has 1 unspecified atom stereocenters. The highest BCUT2D eigenvalue weighted by Crippen LogP contribution is 2.52. The number of piperidine rings is 5. The van der Waals surface area contributed by atoms with Crippen LogP contribution in [-0.4, -0.2) is 201 Å². The number of rotatable bonds is 23. The molecule has 0 saturated carbocycles. The highest BCUT2D eigenvalue weighted by molar-refractivity contribution is 5.83. The van der Waals surface area contributed by atoms with E-state index in [2.05, 4.69) is 154 Å². The molecule has 5 aromatic carbocycles. The van der Waals surface area contributed by atoms with E-state index in [4.69, 9.17) is 47.4 Å². The van der Waals surface area contributed by atoms with Gasteiger partial charge in [-0.3, -0.25) is 34.1 Å². The first-order valence-electron chi connectivity index (χ1n) is 45.0. The Bertz CT molecular complexity index is 4150. The van der Waals surface area contributed by atoms with Crippen LogP contribution in [0.3, 0.4) is 0 Å². The number of carbonyl (C=O) groups is 2. The maximum atomic E-state index is 12.6. The molecule has 21 heteroatoms. The SMILES string of the molecule is COc1cc2c(cc1OC)[C@H]1CC(=O)[C@H](CC(C)C)CN1CC2.COc1cc2c(cc1OC)[C@H]1CC(C#N)[C@H](CC(C)C)CN1CC2.COc1cc2c(cc1OC)[C@H]1C[C@@H](C(=O)O)[C@H](CC(C)C)CN1CC2.COc1cc2c(cc1OC)[C@H]1C[C@@H](CO)[C@H](CC(C)C)CN1CC2.COc1cc2c(cc1OC)[C@H]1C[C@@H](CO)[C@H](CC(C)C)CN1CC2. The summed E-state index contributed by atoms with van der Waals surface area (Å²) in [5.74, 6) is 13.5. The lowest BCUT2D eigenvalue weighted by Crippen LogP contribution is -2.48. The molecule has 120 heavy (non-hydrogen) atoms. The monoisotopic (exact) mass is 1660 g/mol. The van der Waals surface area contributed by atoms with Crippen molar-refractivity contribution in [2.75, 3.05) is 150 Å². The molecule has 15 rings (SSSR count). The highest BCUT2D eigenvalue weighted by atomic mass is 16.5. The average Bonchev–Trinajstić information content (AvgIpc) is 0.742. The Balaban J connectivity index is 0.000000147. The average molecular weight is 1660 g/mol. The van der Waals surface area contributed by atoms with E-state index in [0.717, 1.165) is 194 Å². The standard InChI is InChI=1S/C20H28N2O2.C20H29NO4.2C20H31NO3.C19H27NO3/c1-13(2)7-16-12-22-6-5-14-9-19(23-3)20(24-4)10-17(14)18(22)8-15(16)11-21;1-12(2)7-14-11-21-6-5-13-8-18(24-3)19(25-4)10-15(13)17(21)9-16(14)20(22)23;2*1-13(2)7-15-11-21-6-5-14-9-19(23-3)20(24-4)10-17(14)18(21)8-16(15)12-22;1-12(2)7-14-11-20-6-5-13-8-18(22-3)19(23-4)9-15(13)16(20)10-17(14)21/h9-10,13,15-16,18H,5-8,12H2,1-4H3;8,10,12,14,16-17H,5-7,9,11H2,1-4H3,(H,22,23);2*9-10,13,15-16,18,22H,5-8,11-12H2,1-4H3;8-9,12,14,16H,5-7,10-11H2,1-4H3/t15?,16-,18-;14-,16-,17-;2*15-,16+,18-;14-,16-/m11111/s1. The lowest BCUT2D eigenvalue weighted by Gasteiger charge is -2.47. The molecule has 10 aliphatic heterocycles. The van der Waals surface area contributed by atoms with Gasteiger partial charge in [-0.1, -0.05) is 69.2 Å². The topological polar surface area (TPSA) is 227 Å². The Labute approximate surface area is 718 Å². The Hall–Kier alpha value is -7.55. The quantitative estimate of drug-likeness (QED) is 0.0552. The van der Waals surface area contributed by atoms with Crippen LogP contribution in [0.2, 0.25) is 0 Å². The summed E-state index contributed by atoms with van der Waals surface area (Å²) in [6, 6.07) is 25.2. The smallest absolute Gasteiger partial charge is 0.306 e. The normalized spacial score (nSPS) is 26.1. The van der Waals surface area contributed by atoms with Gasteiger partial charge >= 0.3 is 5.97 Å². The summed E-state index contributed by atoms with van der Waals surface area (Å²) in [6.45, 7) is 33.2. The molecular formula is C99H146N6O15. The second kappa shape index (κ2) is 42.7. The number of hydrogen-bond donors (Lipinski definition) is 3. The molecule has 5 saturated heterocycles. The summed E-state index contributed by atoms with van der Waals surface area (Å²) >= 11 is 0. The number of methoxy groups -OCH3 is 10. The number of aliphatic carboxylic acids is 1. The number of ketones is 1. The van der Waals surface area contributed by atoms with Gasteiger partial charge in [0.15, 0.2) is 57.5 Å². The number of ether oxygens (including phenoxy) is 10. The number of aliphatic hydroxyl groups is 2. The largest absolute Gasteiger partial charge is 0.493 e. The second-order valence-corrected chi connectivity index (χ2v) is 37.9. The molecule has 10 heterocycles. The molecule has 0 aromatic heterocycles. The number of Topliss-reactive ketones (excluding diaryl/α,β-unsaturated/α-hetero) is 1. The van der Waals surface area contributed by atoms with E-state index in [1.54, 1.807) is 71.1 Å². The summed E-state index contributed by atoms with van der Waals surface area (Å²) in [5, 5.41) is 39.3. The number of nitriles is 1. The van der Waals surface area contributed by atoms with Gasteiger partial charge in [-0.25, -0.2) is 0 Å². The number of carboxylic acid groups (broad SMARTS) is 1. The van der Waals surface area contributed by atoms with Crippen molar-refractivity contribution in [3.63, 3.8) is 0 Å². The zero-order chi connectivity index (χ0) is 86.5. The fourth-order valence-electron chi connectivity index (χ4n) is 22.3. The van der Waals surface area contributed by atoms with Crippen LogP contribution in [0.4, 0.5) is 0 Å². The first-order valence-corrected chi connectivity index (χ1v) is 45.0. The third-order valence-electron chi connectivity index (χ3n) is 28.0. The van der Waals surface area contributed by atoms with E-state index in [-0.39, 0.29) is 35.8 Å². The molecule has 0 radical (unpaired) electrons. The van der Waals surface area contributed by atoms with Crippen molar-refractivity contribution in [3.05, 3.63) is 116 Å². The maximum absolute atomic E-state index is 12.6. The molecule has 0 amide bonds. The van der Waals surface area contributed by atoms with E-state index < -0.39 is 5.97 Å². The molecule has 3 N–H and O–H groups in total. The third kappa shape index (κ3) is 21.6. The zero-order valence-electron chi connectivity index (χ0n) is 76.3.